The average Bonchev–Trinajstić information content (AvgIpc) is 3.33. The van der Waals surface area contributed by atoms with Crippen molar-refractivity contribution < 1.29 is 37.0 Å². The molecule has 2 saturated heterocycles. The number of amides is 2. The number of aromatic nitrogens is 1. The number of piperazine rings is 1. The SMILES string of the molecule is CCOc1ncccc1C1(C2CN(C3CCN(C)CC3)CCN2C(=O)O)C(=O)N(S(=O)(=O)c2ccccc2OC)c2cc(F)c(Cl)cc21. The van der Waals surface area contributed by atoms with Crippen molar-refractivity contribution in [1.82, 2.24) is 19.7 Å². The number of methoxy groups -OCH3 is 1. The van der Waals surface area contributed by atoms with E-state index in [9.17, 15) is 18.3 Å². The summed E-state index contributed by atoms with van der Waals surface area (Å²) in [5.74, 6) is -1.99. The number of nitrogens with zero attached hydrogens (tertiary/aromatic N) is 5. The number of fused-ring (bicyclic) bond motifs is 1. The fraction of sp³-hybridized carbons (Fsp3) is 0.424. The van der Waals surface area contributed by atoms with Crippen molar-refractivity contribution in [1.29, 1.82) is 0 Å². The number of hydrogen-bond donors (Lipinski definition) is 1. The van der Waals surface area contributed by atoms with E-state index in [4.69, 9.17) is 21.1 Å². The smallest absolute Gasteiger partial charge is 0.407 e. The van der Waals surface area contributed by atoms with Gasteiger partial charge < -0.3 is 24.4 Å². The molecule has 1 N–H and O–H groups in total. The summed E-state index contributed by atoms with van der Waals surface area (Å²) in [6.07, 6.45) is 1.83. The Labute approximate surface area is 283 Å². The van der Waals surface area contributed by atoms with Crippen LogP contribution in [0, 0.1) is 5.82 Å². The molecular formula is C33H37ClFN5O7S. The van der Waals surface area contributed by atoms with Crippen molar-refractivity contribution in [3.05, 3.63) is 76.7 Å². The zero-order chi connectivity index (χ0) is 34.4. The third-order valence-corrected chi connectivity index (χ3v) is 11.7. The Balaban J connectivity index is 1.66. The number of carboxylic acid groups (broad SMARTS) is 1. The minimum absolute atomic E-state index is 0.0121. The highest BCUT2D eigenvalue weighted by atomic mass is 35.5. The minimum atomic E-state index is -4.79. The van der Waals surface area contributed by atoms with Crippen molar-refractivity contribution in [3.63, 3.8) is 0 Å². The second-order valence-corrected chi connectivity index (χ2v) is 14.3. The van der Waals surface area contributed by atoms with Gasteiger partial charge >= 0.3 is 6.09 Å². The van der Waals surface area contributed by atoms with E-state index < -0.39 is 39.3 Å². The highest BCUT2D eigenvalue weighted by Gasteiger charge is 2.64. The number of ether oxygens (including phenoxy) is 2. The molecule has 0 bridgehead atoms. The molecule has 3 aliphatic rings. The number of anilines is 1. The highest BCUT2D eigenvalue weighted by Crippen LogP contribution is 2.55. The normalized spacial score (nSPS) is 22.5. The molecule has 2 atom stereocenters. The number of piperidine rings is 1. The van der Waals surface area contributed by atoms with E-state index in [1.54, 1.807) is 25.1 Å². The van der Waals surface area contributed by atoms with Crippen LogP contribution in [-0.4, -0.2) is 111 Å². The zero-order valence-corrected chi connectivity index (χ0v) is 28.4. The molecule has 0 radical (unpaired) electrons. The molecular weight excluding hydrogens is 665 g/mol. The van der Waals surface area contributed by atoms with Gasteiger partial charge in [-0.3, -0.25) is 9.69 Å². The molecule has 0 aliphatic carbocycles. The lowest BCUT2D eigenvalue weighted by molar-refractivity contribution is -0.124. The summed E-state index contributed by atoms with van der Waals surface area (Å²) in [5.41, 5.74) is -2.21. The van der Waals surface area contributed by atoms with Crippen LogP contribution < -0.4 is 13.8 Å². The van der Waals surface area contributed by atoms with Crippen LogP contribution in [-0.2, 0) is 20.2 Å². The lowest BCUT2D eigenvalue weighted by Gasteiger charge is -2.50. The van der Waals surface area contributed by atoms with Crippen LogP contribution in [0.5, 0.6) is 11.6 Å². The van der Waals surface area contributed by atoms with Crippen LogP contribution in [0.1, 0.15) is 30.9 Å². The number of rotatable bonds is 8. The van der Waals surface area contributed by atoms with Crippen molar-refractivity contribution in [2.45, 2.75) is 42.2 Å². The maximum absolute atomic E-state index is 15.5. The van der Waals surface area contributed by atoms with Crippen LogP contribution in [0.4, 0.5) is 14.9 Å². The van der Waals surface area contributed by atoms with Gasteiger partial charge in [0.05, 0.1) is 30.5 Å². The Hall–Kier alpha value is -3.98. The van der Waals surface area contributed by atoms with Crippen LogP contribution in [0.25, 0.3) is 0 Å². The number of carbonyl (C=O) groups excluding carboxylic acids is 1. The summed E-state index contributed by atoms with van der Waals surface area (Å²) in [7, 11) is -1.45. The Morgan fingerprint density at radius 1 is 1.10 bits per heavy atom. The van der Waals surface area contributed by atoms with Crippen molar-refractivity contribution in [2.75, 3.05) is 57.8 Å². The Bertz CT molecular complexity index is 1840. The molecule has 0 saturated carbocycles. The first-order chi connectivity index (χ1) is 23.0. The predicted octanol–water partition coefficient (Wildman–Crippen LogP) is 4.06. The lowest BCUT2D eigenvalue weighted by Crippen LogP contribution is -2.67. The second-order valence-electron chi connectivity index (χ2n) is 12.1. The Morgan fingerprint density at radius 3 is 2.52 bits per heavy atom. The lowest BCUT2D eigenvalue weighted by atomic mass is 9.68. The molecule has 12 nitrogen and oxygen atoms in total. The summed E-state index contributed by atoms with van der Waals surface area (Å²) in [6, 6.07) is 9.95. The van der Waals surface area contributed by atoms with E-state index in [1.807, 2.05) is 7.05 Å². The number of pyridine rings is 1. The summed E-state index contributed by atoms with van der Waals surface area (Å²) in [5, 5.41) is 10.3. The van der Waals surface area contributed by atoms with Crippen LogP contribution >= 0.6 is 11.6 Å². The van der Waals surface area contributed by atoms with Gasteiger partial charge in [0.2, 0.25) is 5.88 Å². The van der Waals surface area contributed by atoms with Crippen molar-refractivity contribution in [2.24, 2.45) is 0 Å². The molecule has 256 valence electrons. The van der Waals surface area contributed by atoms with Gasteiger partial charge in [0.1, 0.15) is 21.9 Å². The molecule has 48 heavy (non-hydrogen) atoms. The molecule has 1 aromatic heterocycles. The number of likely N-dealkylation sites (tertiary alicyclic amines) is 1. The number of benzene rings is 2. The maximum Gasteiger partial charge on any atom is 0.407 e. The van der Waals surface area contributed by atoms with E-state index >= 15 is 9.18 Å². The summed E-state index contributed by atoms with van der Waals surface area (Å²) in [4.78, 5) is 38.2. The maximum atomic E-state index is 15.5. The van der Waals surface area contributed by atoms with Gasteiger partial charge in [-0.15, -0.1) is 0 Å². The molecule has 2 fully saturated rings. The van der Waals surface area contributed by atoms with E-state index in [-0.39, 0.29) is 64.1 Å². The van der Waals surface area contributed by atoms with Gasteiger partial charge in [-0.25, -0.2) is 26.9 Å². The largest absolute Gasteiger partial charge is 0.495 e. The molecule has 6 rings (SSSR count). The topological polar surface area (TPSA) is 133 Å². The molecule has 15 heteroatoms. The van der Waals surface area contributed by atoms with Gasteiger partial charge in [0.15, 0.2) is 0 Å². The fourth-order valence-electron chi connectivity index (χ4n) is 7.37. The third kappa shape index (κ3) is 5.44. The number of carbonyl (C=O) groups is 2. The number of sulfonamides is 1. The summed E-state index contributed by atoms with van der Waals surface area (Å²) >= 11 is 6.42. The molecule has 2 unspecified atom stereocenters. The third-order valence-electron chi connectivity index (χ3n) is 9.63. The van der Waals surface area contributed by atoms with E-state index in [1.165, 1.54) is 42.5 Å². The van der Waals surface area contributed by atoms with Crippen LogP contribution in [0.15, 0.2) is 59.6 Å². The van der Waals surface area contributed by atoms with Gasteiger partial charge in [-0.2, -0.15) is 0 Å². The van der Waals surface area contributed by atoms with Gasteiger partial charge in [0.25, 0.3) is 15.9 Å². The summed E-state index contributed by atoms with van der Waals surface area (Å²) in [6.45, 7) is 4.08. The zero-order valence-electron chi connectivity index (χ0n) is 26.8. The molecule has 2 aromatic carbocycles. The summed E-state index contributed by atoms with van der Waals surface area (Å²) < 4.78 is 56.5. The number of halogens is 2. The van der Waals surface area contributed by atoms with E-state index in [2.05, 4.69) is 14.8 Å². The van der Waals surface area contributed by atoms with Crippen LogP contribution in [0.3, 0.4) is 0 Å². The van der Waals surface area contributed by atoms with Gasteiger partial charge in [0, 0.05) is 49.1 Å². The van der Waals surface area contributed by atoms with E-state index in [0.29, 0.717) is 10.8 Å². The van der Waals surface area contributed by atoms with E-state index in [0.717, 1.165) is 32.0 Å². The fourth-order valence-corrected chi connectivity index (χ4v) is 9.16. The Kier molecular flexibility index (Phi) is 9.28. The molecule has 2 amide bonds. The standard InChI is InChI=1S/C33H37ClFN5O7S/c1-4-47-30-22(8-7-13-36-30)33(29-20-38(16-17-39(29)32(42)43)21-11-14-37(2)15-12-21)23-18-24(34)25(35)19-26(23)40(31(33)41)48(44,45)28-10-6-5-9-27(28)46-3/h5-10,13,18-19,21,29H,4,11-12,14-17,20H2,1-3H3,(H,42,43). The molecule has 3 aromatic rings. The van der Waals surface area contributed by atoms with Gasteiger partial charge in [-0.1, -0.05) is 29.8 Å². The average molecular weight is 702 g/mol. The molecule has 4 heterocycles. The molecule has 0 spiro atoms. The first kappa shape index (κ1) is 33.9. The van der Waals surface area contributed by atoms with Crippen LogP contribution in [0.2, 0.25) is 5.02 Å². The first-order valence-electron chi connectivity index (χ1n) is 15.7. The molecule has 3 aliphatic heterocycles. The van der Waals surface area contributed by atoms with Crippen molar-refractivity contribution >= 4 is 39.3 Å². The monoisotopic (exact) mass is 701 g/mol. The second kappa shape index (κ2) is 13.1. The number of para-hydroxylation sites is 1. The highest BCUT2D eigenvalue weighted by molar-refractivity contribution is 7.93. The quantitative estimate of drug-likeness (QED) is 0.367. The Morgan fingerprint density at radius 2 is 1.83 bits per heavy atom. The predicted molar refractivity (Wildman–Crippen MR) is 176 cm³/mol. The van der Waals surface area contributed by atoms with Gasteiger partial charge in [-0.05, 0) is 64.2 Å². The number of hydrogen-bond acceptors (Lipinski definition) is 9. The minimum Gasteiger partial charge on any atom is -0.495 e. The van der Waals surface area contributed by atoms with Crippen molar-refractivity contribution in [3.8, 4) is 11.6 Å². The first-order valence-corrected chi connectivity index (χ1v) is 17.5.